The molecule has 3 nitrogen and oxygen atoms in total. The zero-order valence-electron chi connectivity index (χ0n) is 9.40. The van der Waals surface area contributed by atoms with Crippen LogP contribution < -0.4 is 5.73 Å². The second-order valence-electron chi connectivity index (χ2n) is 3.83. The van der Waals surface area contributed by atoms with Crippen molar-refractivity contribution in [3.8, 4) is 5.69 Å². The van der Waals surface area contributed by atoms with Crippen LogP contribution in [0, 0.1) is 11.6 Å². The Balaban J connectivity index is 2.49. The van der Waals surface area contributed by atoms with Gasteiger partial charge < -0.3 is 10.3 Å². The fourth-order valence-electron chi connectivity index (χ4n) is 1.68. The lowest BCUT2D eigenvalue weighted by Gasteiger charge is -2.13. The van der Waals surface area contributed by atoms with E-state index in [-0.39, 0.29) is 6.04 Å². The van der Waals surface area contributed by atoms with Crippen molar-refractivity contribution in [1.82, 2.24) is 9.55 Å². The Morgan fingerprint density at radius 1 is 1.29 bits per heavy atom. The van der Waals surface area contributed by atoms with Gasteiger partial charge in [-0.05, 0) is 18.6 Å². The summed E-state index contributed by atoms with van der Waals surface area (Å²) in [6.07, 6.45) is 3.83. The molecule has 0 saturated carbocycles. The highest BCUT2D eigenvalue weighted by molar-refractivity contribution is 5.35. The van der Waals surface area contributed by atoms with E-state index in [1.807, 2.05) is 6.92 Å². The summed E-state index contributed by atoms with van der Waals surface area (Å²) >= 11 is 0. The topological polar surface area (TPSA) is 43.8 Å². The summed E-state index contributed by atoms with van der Waals surface area (Å²) in [6.45, 7) is 1.94. The summed E-state index contributed by atoms with van der Waals surface area (Å²) in [5.41, 5.74) is 7.03. The minimum atomic E-state index is -0.621. The molecule has 0 aliphatic carbocycles. The van der Waals surface area contributed by atoms with Crippen molar-refractivity contribution < 1.29 is 8.78 Å². The van der Waals surface area contributed by atoms with Gasteiger partial charge in [-0.15, -0.1) is 0 Å². The molecule has 1 atom stereocenters. The Kier molecular flexibility index (Phi) is 3.19. The maximum absolute atomic E-state index is 13.1. The fourth-order valence-corrected chi connectivity index (χ4v) is 1.68. The van der Waals surface area contributed by atoms with Gasteiger partial charge in [0.15, 0.2) is 0 Å². The summed E-state index contributed by atoms with van der Waals surface area (Å²) in [5.74, 6) is -1.24. The monoisotopic (exact) mass is 237 g/mol. The quantitative estimate of drug-likeness (QED) is 0.891. The van der Waals surface area contributed by atoms with E-state index in [0.717, 1.165) is 18.2 Å². The first kappa shape index (κ1) is 11.7. The van der Waals surface area contributed by atoms with Crippen LogP contribution in [-0.2, 0) is 0 Å². The van der Waals surface area contributed by atoms with Crippen LogP contribution in [0.5, 0.6) is 0 Å². The number of hydrogen-bond acceptors (Lipinski definition) is 2. The van der Waals surface area contributed by atoms with Crippen LogP contribution >= 0.6 is 0 Å². The van der Waals surface area contributed by atoms with Crippen molar-refractivity contribution in [3.05, 3.63) is 48.1 Å². The van der Waals surface area contributed by atoms with Gasteiger partial charge in [0.2, 0.25) is 0 Å². The van der Waals surface area contributed by atoms with Crippen LogP contribution in [0.15, 0.2) is 30.7 Å². The molecule has 0 radical (unpaired) electrons. The second-order valence-corrected chi connectivity index (χ2v) is 3.83. The van der Waals surface area contributed by atoms with Crippen LogP contribution in [0.25, 0.3) is 5.69 Å². The summed E-state index contributed by atoms with van der Waals surface area (Å²) < 4.78 is 27.9. The molecular formula is C12H13F2N3. The van der Waals surface area contributed by atoms with Crippen molar-refractivity contribution in [2.75, 3.05) is 0 Å². The van der Waals surface area contributed by atoms with Crippen molar-refractivity contribution in [3.63, 3.8) is 0 Å². The Labute approximate surface area is 97.9 Å². The number of hydrogen-bond donors (Lipinski definition) is 1. The lowest BCUT2D eigenvalue weighted by Crippen LogP contribution is -2.13. The van der Waals surface area contributed by atoms with Crippen molar-refractivity contribution >= 4 is 0 Å². The minimum Gasteiger partial charge on any atom is -0.323 e. The first-order valence-corrected chi connectivity index (χ1v) is 5.36. The standard InChI is InChI=1S/C12H13F2N3/c1-2-11(15)12-6-16-7-17(12)10-4-8(13)3-9(14)5-10/h3-7,11H,2,15H2,1H3/t11-/m1/s1. The molecule has 0 fully saturated rings. The maximum Gasteiger partial charge on any atom is 0.128 e. The number of aromatic nitrogens is 2. The molecular weight excluding hydrogens is 224 g/mol. The van der Waals surface area contributed by atoms with Gasteiger partial charge in [-0.25, -0.2) is 13.8 Å². The van der Waals surface area contributed by atoms with Crippen LogP contribution in [0.4, 0.5) is 8.78 Å². The van der Waals surface area contributed by atoms with E-state index in [9.17, 15) is 8.78 Å². The van der Waals surface area contributed by atoms with E-state index in [0.29, 0.717) is 5.69 Å². The van der Waals surface area contributed by atoms with E-state index in [2.05, 4.69) is 4.98 Å². The van der Waals surface area contributed by atoms with E-state index < -0.39 is 11.6 Å². The SMILES string of the molecule is CC[C@@H](N)c1cncn1-c1cc(F)cc(F)c1. The number of nitrogens with two attached hydrogens (primary N) is 1. The minimum absolute atomic E-state index is 0.205. The zero-order chi connectivity index (χ0) is 12.4. The number of nitrogens with zero attached hydrogens (tertiary/aromatic N) is 2. The lowest BCUT2D eigenvalue weighted by atomic mass is 10.2. The normalized spacial score (nSPS) is 12.7. The number of benzene rings is 1. The molecule has 0 amide bonds. The molecule has 2 rings (SSSR count). The largest absolute Gasteiger partial charge is 0.323 e. The molecule has 17 heavy (non-hydrogen) atoms. The second kappa shape index (κ2) is 4.63. The van der Waals surface area contributed by atoms with Gasteiger partial charge in [0.05, 0.1) is 23.9 Å². The molecule has 0 spiro atoms. The average Bonchev–Trinajstić information content (AvgIpc) is 2.75. The first-order valence-electron chi connectivity index (χ1n) is 5.36. The molecule has 2 N–H and O–H groups in total. The average molecular weight is 237 g/mol. The molecule has 5 heteroatoms. The highest BCUT2D eigenvalue weighted by Crippen LogP contribution is 2.19. The fraction of sp³-hybridized carbons (Fsp3) is 0.250. The van der Waals surface area contributed by atoms with Gasteiger partial charge in [0.1, 0.15) is 11.6 Å². The summed E-state index contributed by atoms with van der Waals surface area (Å²) in [7, 11) is 0. The highest BCUT2D eigenvalue weighted by atomic mass is 19.1. The van der Waals surface area contributed by atoms with Crippen molar-refractivity contribution in [2.45, 2.75) is 19.4 Å². The first-order chi connectivity index (χ1) is 8.11. The van der Waals surface area contributed by atoms with Gasteiger partial charge in [-0.2, -0.15) is 0 Å². The molecule has 2 aromatic rings. The molecule has 0 bridgehead atoms. The molecule has 1 aromatic carbocycles. The maximum atomic E-state index is 13.1. The smallest absolute Gasteiger partial charge is 0.128 e. The van der Waals surface area contributed by atoms with E-state index in [4.69, 9.17) is 5.73 Å². The van der Waals surface area contributed by atoms with E-state index in [1.54, 1.807) is 10.8 Å². The Bertz CT molecular complexity index is 502. The van der Waals surface area contributed by atoms with Crippen LogP contribution in [0.2, 0.25) is 0 Å². The van der Waals surface area contributed by atoms with E-state index in [1.165, 1.54) is 18.5 Å². The Morgan fingerprint density at radius 3 is 2.53 bits per heavy atom. The molecule has 0 aliphatic rings. The van der Waals surface area contributed by atoms with Gasteiger partial charge in [-0.1, -0.05) is 6.92 Å². The van der Waals surface area contributed by atoms with E-state index >= 15 is 0 Å². The Morgan fingerprint density at radius 2 is 1.94 bits per heavy atom. The summed E-state index contributed by atoms with van der Waals surface area (Å²) in [5, 5.41) is 0. The van der Waals surface area contributed by atoms with Gasteiger partial charge in [-0.3, -0.25) is 0 Å². The third kappa shape index (κ3) is 2.34. The predicted octanol–water partition coefficient (Wildman–Crippen LogP) is 2.56. The molecule has 90 valence electrons. The van der Waals surface area contributed by atoms with Gasteiger partial charge in [0, 0.05) is 12.1 Å². The summed E-state index contributed by atoms with van der Waals surface area (Å²) in [6, 6.07) is 3.12. The zero-order valence-corrected chi connectivity index (χ0v) is 9.40. The number of imidazole rings is 1. The number of rotatable bonds is 3. The Hall–Kier alpha value is -1.75. The number of halogens is 2. The van der Waals surface area contributed by atoms with Crippen LogP contribution in [0.1, 0.15) is 25.1 Å². The van der Waals surface area contributed by atoms with Gasteiger partial charge >= 0.3 is 0 Å². The molecule has 0 unspecified atom stereocenters. The van der Waals surface area contributed by atoms with Crippen LogP contribution in [0.3, 0.4) is 0 Å². The molecule has 1 heterocycles. The molecule has 0 aliphatic heterocycles. The third-order valence-electron chi connectivity index (χ3n) is 2.61. The molecule has 0 saturated heterocycles. The lowest BCUT2D eigenvalue weighted by molar-refractivity contribution is 0.579. The van der Waals surface area contributed by atoms with Crippen molar-refractivity contribution in [2.24, 2.45) is 5.73 Å². The summed E-state index contributed by atoms with van der Waals surface area (Å²) in [4.78, 5) is 3.96. The van der Waals surface area contributed by atoms with Crippen molar-refractivity contribution in [1.29, 1.82) is 0 Å². The third-order valence-corrected chi connectivity index (χ3v) is 2.61. The molecule has 1 aromatic heterocycles. The van der Waals surface area contributed by atoms with Crippen LogP contribution in [-0.4, -0.2) is 9.55 Å². The van der Waals surface area contributed by atoms with Gasteiger partial charge in [0.25, 0.3) is 0 Å². The highest BCUT2D eigenvalue weighted by Gasteiger charge is 2.12. The predicted molar refractivity (Wildman–Crippen MR) is 60.7 cm³/mol.